The molecule has 0 aromatic heterocycles. The minimum atomic E-state index is -5.25. The quantitative estimate of drug-likeness (QED) is 0.441. The summed E-state index contributed by atoms with van der Waals surface area (Å²) in [5, 5.41) is 10.7. The van der Waals surface area contributed by atoms with E-state index in [4.69, 9.17) is 0 Å². The van der Waals surface area contributed by atoms with Crippen LogP contribution in [0, 0.1) is 5.92 Å². The van der Waals surface area contributed by atoms with Gasteiger partial charge in [-0.15, -0.1) is 6.58 Å². The maximum Gasteiger partial charge on any atom is 0.471 e. The second-order valence-electron chi connectivity index (χ2n) is 7.61. The van der Waals surface area contributed by atoms with Crippen molar-refractivity contribution in [2.24, 2.45) is 5.92 Å². The summed E-state index contributed by atoms with van der Waals surface area (Å²) >= 11 is 0. The fourth-order valence-corrected chi connectivity index (χ4v) is 4.03. The second kappa shape index (κ2) is 10.8. The molecule has 0 aromatic rings. The molecule has 10 heteroatoms. The smallest absolute Gasteiger partial charge is 0.467 e. The lowest BCUT2D eigenvalue weighted by Crippen LogP contribution is -2.59. The number of aliphatic hydroxyl groups is 1. The number of hydrogen-bond acceptors (Lipinski definition) is 6. The van der Waals surface area contributed by atoms with Crippen LogP contribution in [-0.4, -0.2) is 65.9 Å². The number of methoxy groups -OCH3 is 2. The number of carbonyl (C=O) groups is 3. The number of halogens is 3. The summed E-state index contributed by atoms with van der Waals surface area (Å²) < 4.78 is 49.5. The molecule has 3 atom stereocenters. The summed E-state index contributed by atoms with van der Waals surface area (Å²) in [6, 6.07) is -2.81. The Bertz CT molecular complexity index is 633. The molecule has 0 radical (unpaired) electrons. The highest BCUT2D eigenvalue weighted by atomic mass is 19.4. The molecule has 0 saturated heterocycles. The molecule has 1 aliphatic rings. The topological polar surface area (TPSA) is 93.1 Å². The molecule has 0 heterocycles. The van der Waals surface area contributed by atoms with E-state index in [0.29, 0.717) is 17.7 Å². The van der Waals surface area contributed by atoms with Gasteiger partial charge in [-0.2, -0.15) is 13.2 Å². The van der Waals surface area contributed by atoms with E-state index in [2.05, 4.69) is 16.1 Å². The van der Waals surface area contributed by atoms with Crippen molar-refractivity contribution in [3.8, 4) is 0 Å². The van der Waals surface area contributed by atoms with Crippen molar-refractivity contribution >= 4 is 17.8 Å². The molecule has 0 spiro atoms. The van der Waals surface area contributed by atoms with Crippen LogP contribution in [0.4, 0.5) is 13.2 Å². The Morgan fingerprint density at radius 1 is 1.17 bits per heavy atom. The van der Waals surface area contributed by atoms with Gasteiger partial charge < -0.3 is 19.5 Å². The molecule has 1 amide bonds. The van der Waals surface area contributed by atoms with Gasteiger partial charge in [-0.05, 0) is 25.7 Å². The molecule has 1 aliphatic carbocycles. The zero-order chi connectivity index (χ0) is 23.1. The number of hydrogen-bond donors (Lipinski definition) is 1. The molecule has 1 fully saturated rings. The maximum absolute atomic E-state index is 13.4. The van der Waals surface area contributed by atoms with E-state index in [1.165, 1.54) is 13.0 Å². The maximum atomic E-state index is 13.4. The van der Waals surface area contributed by atoms with Gasteiger partial charge in [0.15, 0.2) is 5.60 Å². The monoisotopic (exact) mass is 437 g/mol. The standard InChI is InChI=1S/C20H30F3NO6/c1-5-11-19(28,18(27)30-4)12-15(16(25)29-3)24(17(26)20(21,22)23)13(2)14-9-7-6-8-10-14/h5,13-15,28H,1,6-12H2,2-4H3/t13-,15+,19?/m1/s1. The number of esters is 2. The van der Waals surface area contributed by atoms with E-state index in [-0.39, 0.29) is 12.3 Å². The predicted molar refractivity (Wildman–Crippen MR) is 101 cm³/mol. The van der Waals surface area contributed by atoms with Crippen molar-refractivity contribution in [3.05, 3.63) is 12.7 Å². The Labute approximate surface area is 174 Å². The summed E-state index contributed by atoms with van der Waals surface area (Å²) in [6.07, 6.45) is -1.55. The summed E-state index contributed by atoms with van der Waals surface area (Å²) in [4.78, 5) is 37.4. The third-order valence-electron chi connectivity index (χ3n) is 5.64. The Morgan fingerprint density at radius 3 is 2.17 bits per heavy atom. The molecule has 30 heavy (non-hydrogen) atoms. The number of nitrogens with zero attached hydrogens (tertiary/aromatic N) is 1. The van der Waals surface area contributed by atoms with Gasteiger partial charge in [-0.1, -0.05) is 25.3 Å². The van der Waals surface area contributed by atoms with E-state index < -0.39 is 48.1 Å². The number of ether oxygens (including phenoxy) is 2. The van der Waals surface area contributed by atoms with Crippen LogP contribution in [0.15, 0.2) is 12.7 Å². The molecule has 0 bridgehead atoms. The molecule has 1 rings (SSSR count). The summed E-state index contributed by atoms with van der Waals surface area (Å²) in [5.41, 5.74) is -2.36. The lowest BCUT2D eigenvalue weighted by Gasteiger charge is -2.42. The lowest BCUT2D eigenvalue weighted by atomic mass is 9.82. The molecular formula is C20H30F3NO6. The van der Waals surface area contributed by atoms with Gasteiger partial charge in [0.1, 0.15) is 6.04 Å². The molecule has 0 aliphatic heterocycles. The first-order valence-electron chi connectivity index (χ1n) is 9.82. The Morgan fingerprint density at radius 2 is 1.73 bits per heavy atom. The van der Waals surface area contributed by atoms with E-state index >= 15 is 0 Å². The first-order chi connectivity index (χ1) is 13.9. The van der Waals surface area contributed by atoms with E-state index in [9.17, 15) is 32.7 Å². The molecule has 172 valence electrons. The highest BCUT2D eigenvalue weighted by molar-refractivity contribution is 5.89. The van der Waals surface area contributed by atoms with Crippen LogP contribution in [0.2, 0.25) is 0 Å². The van der Waals surface area contributed by atoms with Gasteiger partial charge >= 0.3 is 24.0 Å². The van der Waals surface area contributed by atoms with Crippen LogP contribution in [0.5, 0.6) is 0 Å². The van der Waals surface area contributed by atoms with Gasteiger partial charge in [-0.25, -0.2) is 9.59 Å². The highest BCUT2D eigenvalue weighted by Gasteiger charge is 2.52. The van der Waals surface area contributed by atoms with Crippen molar-refractivity contribution in [2.45, 2.75) is 75.7 Å². The number of alkyl halides is 3. The van der Waals surface area contributed by atoms with Crippen molar-refractivity contribution in [1.82, 2.24) is 4.90 Å². The zero-order valence-corrected chi connectivity index (χ0v) is 17.5. The summed E-state index contributed by atoms with van der Waals surface area (Å²) in [6.45, 7) is 4.86. The van der Waals surface area contributed by atoms with Gasteiger partial charge in [0.2, 0.25) is 0 Å². The SMILES string of the molecule is C=CCC(O)(C[C@@H](C(=O)OC)N(C(=O)C(F)(F)F)[C@H](C)C1CCCCC1)C(=O)OC. The van der Waals surface area contributed by atoms with Crippen LogP contribution in [0.25, 0.3) is 0 Å². The normalized spacial score (nSPS) is 19.2. The largest absolute Gasteiger partial charge is 0.471 e. The van der Waals surface area contributed by atoms with Crippen LogP contribution >= 0.6 is 0 Å². The predicted octanol–water partition coefficient (Wildman–Crippen LogP) is 2.76. The second-order valence-corrected chi connectivity index (χ2v) is 7.61. The van der Waals surface area contributed by atoms with Crippen molar-refractivity contribution in [3.63, 3.8) is 0 Å². The highest BCUT2D eigenvalue weighted by Crippen LogP contribution is 2.34. The number of carbonyl (C=O) groups excluding carboxylic acids is 3. The number of amides is 1. The van der Waals surface area contributed by atoms with Crippen LogP contribution in [0.3, 0.4) is 0 Å². The third-order valence-corrected chi connectivity index (χ3v) is 5.64. The first kappa shape index (κ1) is 25.9. The number of rotatable bonds is 9. The van der Waals surface area contributed by atoms with Crippen molar-refractivity contribution in [2.75, 3.05) is 14.2 Å². The fraction of sp³-hybridized carbons (Fsp3) is 0.750. The van der Waals surface area contributed by atoms with Gasteiger partial charge in [0, 0.05) is 18.9 Å². The Hall–Kier alpha value is -2.10. The molecule has 1 saturated carbocycles. The molecule has 1 N–H and O–H groups in total. The molecule has 0 aromatic carbocycles. The minimum absolute atomic E-state index is 0.261. The average molecular weight is 437 g/mol. The Kier molecular flexibility index (Phi) is 9.33. The fourth-order valence-electron chi connectivity index (χ4n) is 4.03. The van der Waals surface area contributed by atoms with Gasteiger partial charge in [0.25, 0.3) is 0 Å². The van der Waals surface area contributed by atoms with E-state index in [0.717, 1.165) is 33.5 Å². The van der Waals surface area contributed by atoms with Crippen molar-refractivity contribution < 1.29 is 42.1 Å². The van der Waals surface area contributed by atoms with Crippen LogP contribution in [0.1, 0.15) is 51.9 Å². The third kappa shape index (κ3) is 6.20. The van der Waals surface area contributed by atoms with Crippen LogP contribution in [-0.2, 0) is 23.9 Å². The molecular weight excluding hydrogens is 407 g/mol. The van der Waals surface area contributed by atoms with E-state index in [1.807, 2.05) is 0 Å². The lowest BCUT2D eigenvalue weighted by molar-refractivity contribution is -0.197. The minimum Gasteiger partial charge on any atom is -0.467 e. The Balaban J connectivity index is 3.45. The summed E-state index contributed by atoms with van der Waals surface area (Å²) in [5.74, 6) is -4.80. The summed E-state index contributed by atoms with van der Waals surface area (Å²) in [7, 11) is 1.95. The zero-order valence-electron chi connectivity index (χ0n) is 17.5. The average Bonchev–Trinajstić information content (AvgIpc) is 2.71. The first-order valence-corrected chi connectivity index (χ1v) is 9.82. The molecule has 7 nitrogen and oxygen atoms in total. The van der Waals surface area contributed by atoms with Crippen LogP contribution < -0.4 is 0 Å². The molecule has 1 unspecified atom stereocenters. The van der Waals surface area contributed by atoms with Gasteiger partial charge in [0.05, 0.1) is 14.2 Å². The van der Waals surface area contributed by atoms with Gasteiger partial charge in [-0.3, -0.25) is 4.79 Å². The van der Waals surface area contributed by atoms with E-state index in [1.54, 1.807) is 0 Å². The van der Waals surface area contributed by atoms with Crippen molar-refractivity contribution in [1.29, 1.82) is 0 Å².